The van der Waals surface area contributed by atoms with Crippen molar-refractivity contribution >= 4 is 41.9 Å². The Morgan fingerprint density at radius 2 is 1.50 bits per heavy atom. The summed E-state index contributed by atoms with van der Waals surface area (Å²) in [6, 6.07) is 8.86. The number of furan rings is 1. The normalized spacial score (nSPS) is 11.7. The number of aromatic nitrogens is 1. The lowest BCUT2D eigenvalue weighted by atomic mass is 10.0. The minimum absolute atomic E-state index is 0.00920. The van der Waals surface area contributed by atoms with E-state index >= 15 is 0 Å². The van der Waals surface area contributed by atoms with E-state index in [-0.39, 0.29) is 4.90 Å². The average molecular weight is 476 g/mol. The van der Waals surface area contributed by atoms with Crippen LogP contribution in [-0.4, -0.2) is 13.4 Å². The molecule has 0 aliphatic rings. The van der Waals surface area contributed by atoms with Gasteiger partial charge in [0.2, 0.25) is 16.0 Å². The summed E-state index contributed by atoms with van der Waals surface area (Å²) < 4.78 is 42.2. The molecule has 0 saturated carbocycles. The lowest BCUT2D eigenvalue weighted by molar-refractivity contribution is 0.518. The zero-order valence-corrected chi connectivity index (χ0v) is 15.8. The molecule has 24 heavy (non-hydrogen) atoms. The molecule has 5 nitrogen and oxygen atoms in total. The Kier molecular flexibility index (Phi) is 4.60. The Morgan fingerprint density at radius 1 is 0.958 bits per heavy atom. The van der Waals surface area contributed by atoms with Crippen molar-refractivity contribution in [2.24, 2.45) is 5.14 Å². The summed E-state index contributed by atoms with van der Waals surface area (Å²) in [5.41, 5.74) is 2.68. The second-order valence-electron chi connectivity index (χ2n) is 4.84. The van der Waals surface area contributed by atoms with E-state index < -0.39 is 16.0 Å². The number of hydrogen-bond acceptors (Lipinski definition) is 4. The predicted molar refractivity (Wildman–Crippen MR) is 94.1 cm³/mol. The van der Waals surface area contributed by atoms with E-state index in [0.29, 0.717) is 31.6 Å². The molecule has 0 atom stereocenters. The fourth-order valence-corrected chi connectivity index (χ4v) is 4.14. The van der Waals surface area contributed by atoms with Crippen LogP contribution in [0.3, 0.4) is 0 Å². The molecule has 0 radical (unpaired) electrons. The molecule has 0 spiro atoms. The largest absolute Gasteiger partial charge is 0.441 e. The van der Waals surface area contributed by atoms with E-state index in [1.54, 1.807) is 18.2 Å². The minimum Gasteiger partial charge on any atom is -0.441 e. The SMILES string of the molecule is NS(=O)(=O)c1ccc(-c2c(Br)oc(Br)c2-c2ccc(F)nc2)cc1. The molecule has 2 aromatic heterocycles. The van der Waals surface area contributed by atoms with E-state index in [0.717, 1.165) is 0 Å². The molecule has 0 aliphatic heterocycles. The maximum absolute atomic E-state index is 13.1. The standard InChI is InChI=1S/C15H9Br2FN2O3S/c16-14-12(8-1-4-10(5-2-8)24(19,21)22)13(15(17)23-14)9-3-6-11(18)20-7-9/h1-7H,(H2,19,21,22). The van der Waals surface area contributed by atoms with Crippen molar-refractivity contribution < 1.29 is 17.2 Å². The first kappa shape index (κ1) is 17.3. The maximum atomic E-state index is 13.1. The van der Waals surface area contributed by atoms with Crippen molar-refractivity contribution in [3.63, 3.8) is 0 Å². The molecule has 3 aromatic rings. The highest BCUT2D eigenvalue weighted by Crippen LogP contribution is 2.44. The fourth-order valence-electron chi connectivity index (χ4n) is 2.23. The van der Waals surface area contributed by atoms with Gasteiger partial charge < -0.3 is 4.42 Å². The Balaban J connectivity index is 2.17. The molecule has 9 heteroatoms. The first-order chi connectivity index (χ1) is 11.3. The van der Waals surface area contributed by atoms with Crippen LogP contribution in [0.2, 0.25) is 0 Å². The predicted octanol–water partition coefficient (Wildman–Crippen LogP) is 4.32. The highest BCUT2D eigenvalue weighted by atomic mass is 79.9. The first-order valence-electron chi connectivity index (χ1n) is 6.50. The number of hydrogen-bond donors (Lipinski definition) is 1. The van der Waals surface area contributed by atoms with Crippen molar-refractivity contribution in [3.8, 4) is 22.3 Å². The number of nitrogens with two attached hydrogens (primary N) is 1. The maximum Gasteiger partial charge on any atom is 0.238 e. The Morgan fingerprint density at radius 3 is 2.00 bits per heavy atom. The van der Waals surface area contributed by atoms with E-state index in [1.807, 2.05) is 0 Å². The lowest BCUT2D eigenvalue weighted by Crippen LogP contribution is -2.11. The average Bonchev–Trinajstić information content (AvgIpc) is 2.82. The molecular formula is C15H9Br2FN2O3S. The van der Waals surface area contributed by atoms with E-state index in [4.69, 9.17) is 9.56 Å². The fraction of sp³-hybridized carbons (Fsp3) is 0. The van der Waals surface area contributed by atoms with Crippen LogP contribution in [0.5, 0.6) is 0 Å². The van der Waals surface area contributed by atoms with Crippen molar-refractivity contribution in [3.05, 3.63) is 57.9 Å². The van der Waals surface area contributed by atoms with Gasteiger partial charge in [0.05, 0.1) is 4.90 Å². The molecule has 1 aromatic carbocycles. The zero-order chi connectivity index (χ0) is 17.5. The van der Waals surface area contributed by atoms with Gasteiger partial charge in [-0.15, -0.1) is 0 Å². The minimum atomic E-state index is -3.77. The van der Waals surface area contributed by atoms with E-state index in [1.165, 1.54) is 24.4 Å². The molecular weight excluding hydrogens is 467 g/mol. The molecule has 0 amide bonds. The number of benzene rings is 1. The number of pyridine rings is 1. The summed E-state index contributed by atoms with van der Waals surface area (Å²) in [4.78, 5) is 3.66. The van der Waals surface area contributed by atoms with Gasteiger partial charge in [-0.3, -0.25) is 0 Å². The third-order valence-corrected chi connectivity index (χ3v) is 5.36. The molecule has 0 aliphatic carbocycles. The molecule has 0 fully saturated rings. The molecule has 0 unspecified atom stereocenters. The molecule has 3 rings (SSSR count). The van der Waals surface area contributed by atoms with Gasteiger partial charge in [-0.1, -0.05) is 12.1 Å². The molecule has 2 N–H and O–H groups in total. The second kappa shape index (κ2) is 6.40. The van der Waals surface area contributed by atoms with Crippen LogP contribution in [-0.2, 0) is 10.0 Å². The summed E-state index contributed by atoms with van der Waals surface area (Å²) in [5, 5.41) is 5.11. The zero-order valence-electron chi connectivity index (χ0n) is 11.8. The van der Waals surface area contributed by atoms with Gasteiger partial charge in [0.15, 0.2) is 9.34 Å². The van der Waals surface area contributed by atoms with Crippen LogP contribution in [0.4, 0.5) is 4.39 Å². The van der Waals surface area contributed by atoms with Gasteiger partial charge in [-0.05, 0) is 61.7 Å². The van der Waals surface area contributed by atoms with Crippen LogP contribution in [0, 0.1) is 5.95 Å². The van der Waals surface area contributed by atoms with E-state index in [2.05, 4.69) is 36.8 Å². The van der Waals surface area contributed by atoms with Crippen LogP contribution >= 0.6 is 31.9 Å². The van der Waals surface area contributed by atoms with E-state index in [9.17, 15) is 12.8 Å². The third-order valence-electron chi connectivity index (χ3n) is 3.31. The van der Waals surface area contributed by atoms with Gasteiger partial charge in [0.1, 0.15) is 0 Å². The highest BCUT2D eigenvalue weighted by molar-refractivity contribution is 9.11. The molecule has 2 heterocycles. The van der Waals surface area contributed by atoms with Crippen LogP contribution in [0.25, 0.3) is 22.3 Å². The molecule has 0 saturated heterocycles. The number of primary sulfonamides is 1. The quantitative estimate of drug-likeness (QED) is 0.571. The Hall–Kier alpha value is -1.55. The van der Waals surface area contributed by atoms with Gasteiger partial charge in [-0.25, -0.2) is 18.5 Å². The molecule has 0 bridgehead atoms. The highest BCUT2D eigenvalue weighted by Gasteiger charge is 2.21. The topological polar surface area (TPSA) is 86.2 Å². The van der Waals surface area contributed by atoms with Crippen molar-refractivity contribution in [1.29, 1.82) is 0 Å². The number of rotatable bonds is 3. The second-order valence-corrected chi connectivity index (χ2v) is 7.84. The number of sulfonamides is 1. The summed E-state index contributed by atoms with van der Waals surface area (Å²) in [7, 11) is -3.77. The van der Waals surface area contributed by atoms with Gasteiger partial charge in [-0.2, -0.15) is 4.39 Å². The lowest BCUT2D eigenvalue weighted by Gasteiger charge is -2.06. The Labute approximate surface area is 154 Å². The number of halogens is 3. The Bertz CT molecular complexity index is 1000. The summed E-state index contributed by atoms with van der Waals surface area (Å²) >= 11 is 6.67. The third kappa shape index (κ3) is 3.30. The van der Waals surface area contributed by atoms with Crippen LogP contribution in [0.15, 0.2) is 61.2 Å². The number of nitrogens with zero attached hydrogens (tertiary/aromatic N) is 1. The van der Waals surface area contributed by atoms with Crippen LogP contribution < -0.4 is 5.14 Å². The van der Waals surface area contributed by atoms with Crippen molar-refractivity contribution in [1.82, 2.24) is 4.98 Å². The van der Waals surface area contributed by atoms with Crippen molar-refractivity contribution in [2.75, 3.05) is 0 Å². The smallest absolute Gasteiger partial charge is 0.238 e. The monoisotopic (exact) mass is 474 g/mol. The van der Waals surface area contributed by atoms with Gasteiger partial charge in [0.25, 0.3) is 0 Å². The first-order valence-corrected chi connectivity index (χ1v) is 9.63. The summed E-state index contributed by atoms with van der Waals surface area (Å²) in [6.45, 7) is 0. The van der Waals surface area contributed by atoms with Crippen molar-refractivity contribution in [2.45, 2.75) is 4.90 Å². The van der Waals surface area contributed by atoms with Crippen LogP contribution in [0.1, 0.15) is 0 Å². The molecule has 124 valence electrons. The van der Waals surface area contributed by atoms with Gasteiger partial charge >= 0.3 is 0 Å². The summed E-state index contributed by atoms with van der Waals surface area (Å²) in [5.74, 6) is -0.587. The van der Waals surface area contributed by atoms with Gasteiger partial charge in [0, 0.05) is 22.9 Å². The summed E-state index contributed by atoms with van der Waals surface area (Å²) in [6.07, 6.45) is 1.39.